The molecule has 0 saturated carbocycles. The number of hydrogen-bond donors (Lipinski definition) is 1. The summed E-state index contributed by atoms with van der Waals surface area (Å²) in [5.41, 5.74) is 3.20. The zero-order valence-corrected chi connectivity index (χ0v) is 15.8. The predicted octanol–water partition coefficient (Wildman–Crippen LogP) is 2.43. The fourth-order valence-electron chi connectivity index (χ4n) is 4.03. The number of amides is 1. The average molecular weight is 415 g/mol. The first-order valence-electron chi connectivity index (χ1n) is 8.89. The number of benzene rings is 1. The van der Waals surface area contributed by atoms with Crippen LogP contribution in [0.2, 0.25) is 0 Å². The van der Waals surface area contributed by atoms with Gasteiger partial charge in [0.05, 0.1) is 24.3 Å². The molecule has 1 aliphatic carbocycles. The third-order valence-electron chi connectivity index (χ3n) is 5.69. The van der Waals surface area contributed by atoms with E-state index in [1.54, 1.807) is 12.4 Å². The minimum Gasteiger partial charge on any atom is -0.376 e. The second-order valence-corrected chi connectivity index (χ2v) is 8.30. The van der Waals surface area contributed by atoms with Gasteiger partial charge in [-0.1, -0.05) is 22.0 Å². The van der Waals surface area contributed by atoms with Gasteiger partial charge >= 0.3 is 0 Å². The van der Waals surface area contributed by atoms with E-state index in [1.807, 2.05) is 4.90 Å². The van der Waals surface area contributed by atoms with Gasteiger partial charge in [-0.15, -0.1) is 0 Å². The molecule has 1 aromatic heterocycles. The lowest BCUT2D eigenvalue weighted by Gasteiger charge is -2.57. The number of aromatic nitrogens is 2. The first kappa shape index (κ1) is 16.2. The molecule has 2 aliphatic heterocycles. The fourth-order valence-corrected chi connectivity index (χ4v) is 4.44. The van der Waals surface area contributed by atoms with Gasteiger partial charge in [-0.05, 0) is 42.5 Å². The number of likely N-dealkylation sites (tertiary alicyclic amines) is 1. The zero-order valence-electron chi connectivity index (χ0n) is 14.2. The van der Waals surface area contributed by atoms with Crippen molar-refractivity contribution in [2.45, 2.75) is 30.8 Å². The van der Waals surface area contributed by atoms with Gasteiger partial charge in [-0.25, -0.2) is 9.97 Å². The van der Waals surface area contributed by atoms with Crippen molar-refractivity contribution in [3.63, 3.8) is 0 Å². The van der Waals surface area contributed by atoms with E-state index in [9.17, 15) is 4.79 Å². The molecular formula is C19H19BrN4O2. The maximum Gasteiger partial charge on any atom is 0.257 e. The molecule has 0 bridgehead atoms. The molecule has 0 unspecified atom stereocenters. The summed E-state index contributed by atoms with van der Waals surface area (Å²) in [6.07, 6.45) is 6.19. The Hall–Kier alpha value is -1.99. The highest BCUT2D eigenvalue weighted by Crippen LogP contribution is 2.38. The summed E-state index contributed by atoms with van der Waals surface area (Å²) in [6.45, 7) is 2.09. The molecule has 26 heavy (non-hydrogen) atoms. The molecule has 0 radical (unpaired) electrons. The van der Waals surface area contributed by atoms with Crippen LogP contribution in [0.25, 0.3) is 0 Å². The summed E-state index contributed by atoms with van der Waals surface area (Å²) in [6, 6.07) is 6.70. The first-order valence-corrected chi connectivity index (χ1v) is 9.68. The summed E-state index contributed by atoms with van der Waals surface area (Å²) in [7, 11) is 0. The maximum atomic E-state index is 12.6. The van der Waals surface area contributed by atoms with E-state index in [0.717, 1.165) is 30.3 Å². The molecule has 1 aromatic carbocycles. The number of fused-ring (bicyclic) bond motifs is 1. The van der Waals surface area contributed by atoms with E-state index in [0.29, 0.717) is 24.7 Å². The lowest BCUT2D eigenvalue weighted by Crippen LogP contribution is -2.72. The highest BCUT2D eigenvalue weighted by molar-refractivity contribution is 9.10. The smallest absolute Gasteiger partial charge is 0.257 e. The Bertz CT molecular complexity index is 861. The number of hydrogen-bond acceptors (Lipinski definition) is 5. The summed E-state index contributed by atoms with van der Waals surface area (Å²) in [4.78, 5) is 23.3. The van der Waals surface area contributed by atoms with Crippen LogP contribution >= 0.6 is 15.9 Å². The third kappa shape index (κ3) is 2.61. The van der Waals surface area contributed by atoms with Gasteiger partial charge in [-0.3, -0.25) is 4.79 Å². The number of anilines is 1. The molecule has 3 heterocycles. The molecule has 3 aliphatic rings. The summed E-state index contributed by atoms with van der Waals surface area (Å²) < 4.78 is 6.39. The normalized spacial score (nSPS) is 22.5. The predicted molar refractivity (Wildman–Crippen MR) is 100 cm³/mol. The van der Waals surface area contributed by atoms with Crippen molar-refractivity contribution in [2.24, 2.45) is 0 Å². The molecule has 1 spiro atoms. The van der Waals surface area contributed by atoms with Crippen LogP contribution in [-0.2, 0) is 17.6 Å². The second-order valence-electron chi connectivity index (χ2n) is 7.38. The van der Waals surface area contributed by atoms with Crippen LogP contribution in [0.15, 0.2) is 35.1 Å². The Morgan fingerprint density at radius 1 is 1.23 bits per heavy atom. The minimum atomic E-state index is -0.0576. The molecule has 1 N–H and O–H groups in total. The van der Waals surface area contributed by atoms with E-state index >= 15 is 0 Å². The second kappa shape index (κ2) is 6.03. The summed E-state index contributed by atoms with van der Waals surface area (Å²) in [5.74, 6) is 0.577. The number of nitrogens with one attached hydrogen (secondary N) is 1. The van der Waals surface area contributed by atoms with E-state index < -0.39 is 0 Å². The Labute approximate surface area is 160 Å². The van der Waals surface area contributed by atoms with Crippen LogP contribution < -0.4 is 5.32 Å². The van der Waals surface area contributed by atoms with Gasteiger partial charge in [0.1, 0.15) is 0 Å². The van der Waals surface area contributed by atoms with Gasteiger partial charge in [0, 0.05) is 29.5 Å². The summed E-state index contributed by atoms with van der Waals surface area (Å²) in [5, 5.41) is 3.39. The maximum absolute atomic E-state index is 12.6. The Morgan fingerprint density at radius 2 is 2.00 bits per heavy atom. The molecule has 2 aromatic rings. The van der Waals surface area contributed by atoms with Crippen LogP contribution in [-0.4, -0.2) is 52.1 Å². The van der Waals surface area contributed by atoms with Crippen molar-refractivity contribution in [3.8, 4) is 0 Å². The lowest BCUT2D eigenvalue weighted by atomic mass is 9.82. The topological polar surface area (TPSA) is 67.4 Å². The highest BCUT2D eigenvalue weighted by atomic mass is 79.9. The van der Waals surface area contributed by atoms with Gasteiger partial charge in [0.15, 0.2) is 0 Å². The van der Waals surface area contributed by atoms with Crippen molar-refractivity contribution in [1.82, 2.24) is 14.9 Å². The molecule has 7 heteroatoms. The van der Waals surface area contributed by atoms with Crippen LogP contribution in [0.4, 0.5) is 5.95 Å². The number of carbonyl (C=O) groups excluding carboxylic acids is 1. The van der Waals surface area contributed by atoms with Crippen molar-refractivity contribution in [2.75, 3.05) is 25.1 Å². The molecule has 6 nitrogen and oxygen atoms in total. The Balaban J connectivity index is 1.24. The number of halogens is 1. The quantitative estimate of drug-likeness (QED) is 0.834. The van der Waals surface area contributed by atoms with Crippen LogP contribution in [0.5, 0.6) is 0 Å². The SMILES string of the molecule is O=C(c1cnc(N[C@@H]2Cc3ccc(Br)cc3C2)nc1)N1CCC12COC2. The van der Waals surface area contributed by atoms with E-state index in [4.69, 9.17) is 4.74 Å². The van der Waals surface area contributed by atoms with Gasteiger partial charge in [-0.2, -0.15) is 0 Å². The molecule has 5 rings (SSSR count). The molecule has 1 amide bonds. The fraction of sp³-hybridized carbons (Fsp3) is 0.421. The average Bonchev–Trinajstić information content (AvgIpc) is 2.94. The van der Waals surface area contributed by atoms with Crippen LogP contribution in [0.1, 0.15) is 27.9 Å². The number of ether oxygens (including phenoxy) is 1. The Morgan fingerprint density at radius 3 is 2.65 bits per heavy atom. The molecule has 134 valence electrons. The minimum absolute atomic E-state index is 0.00391. The lowest BCUT2D eigenvalue weighted by molar-refractivity contribution is -0.172. The van der Waals surface area contributed by atoms with Crippen molar-refractivity contribution in [1.29, 1.82) is 0 Å². The van der Waals surface area contributed by atoms with Gasteiger partial charge in [0.25, 0.3) is 5.91 Å². The van der Waals surface area contributed by atoms with Crippen molar-refractivity contribution in [3.05, 3.63) is 51.8 Å². The first-order chi connectivity index (χ1) is 12.6. The number of nitrogens with zero attached hydrogens (tertiary/aromatic N) is 3. The highest BCUT2D eigenvalue weighted by Gasteiger charge is 2.53. The molecule has 1 atom stereocenters. The van der Waals surface area contributed by atoms with E-state index in [1.165, 1.54) is 11.1 Å². The van der Waals surface area contributed by atoms with Crippen molar-refractivity contribution >= 4 is 27.8 Å². The molecular weight excluding hydrogens is 396 g/mol. The van der Waals surface area contributed by atoms with Gasteiger partial charge in [0.2, 0.25) is 5.95 Å². The van der Waals surface area contributed by atoms with Gasteiger partial charge < -0.3 is 15.0 Å². The Kier molecular flexibility index (Phi) is 3.76. The summed E-state index contributed by atoms with van der Waals surface area (Å²) >= 11 is 3.52. The zero-order chi connectivity index (χ0) is 17.7. The monoisotopic (exact) mass is 414 g/mol. The third-order valence-corrected chi connectivity index (χ3v) is 6.19. The molecule has 2 saturated heterocycles. The van der Waals surface area contributed by atoms with Crippen molar-refractivity contribution < 1.29 is 9.53 Å². The molecule has 2 fully saturated rings. The number of rotatable bonds is 3. The van der Waals surface area contributed by atoms with E-state index in [2.05, 4.69) is 49.4 Å². The van der Waals surface area contributed by atoms with Crippen LogP contribution in [0, 0.1) is 0 Å². The largest absolute Gasteiger partial charge is 0.376 e. The van der Waals surface area contributed by atoms with E-state index in [-0.39, 0.29) is 17.5 Å². The number of carbonyl (C=O) groups is 1. The standard InChI is InChI=1S/C19H19BrN4O2/c20-15-2-1-12-6-16(7-13(12)5-15)23-18-21-8-14(9-22-18)17(25)24-4-3-19(24)10-26-11-19/h1-2,5,8-9,16H,3-4,6-7,10-11H2,(H,21,22,23)/t16-/m1/s1. The van der Waals surface area contributed by atoms with Crippen LogP contribution in [0.3, 0.4) is 0 Å².